The molecule has 0 bridgehead atoms. The molecule has 1 saturated heterocycles. The first-order valence-corrected chi connectivity index (χ1v) is 7.31. The molecule has 1 heterocycles. The molecule has 1 aliphatic heterocycles. The van der Waals surface area contributed by atoms with Gasteiger partial charge in [0.05, 0.1) is 0 Å². The van der Waals surface area contributed by atoms with E-state index in [1.54, 1.807) is 0 Å². The van der Waals surface area contributed by atoms with Crippen molar-refractivity contribution in [1.29, 1.82) is 0 Å². The van der Waals surface area contributed by atoms with Gasteiger partial charge in [-0.2, -0.15) is 0 Å². The normalized spacial score (nSPS) is 18.9. The number of nitrogens with zero attached hydrogens (tertiary/aromatic N) is 1. The van der Waals surface area contributed by atoms with E-state index in [0.29, 0.717) is 0 Å². The third-order valence-electron chi connectivity index (χ3n) is 4.08. The van der Waals surface area contributed by atoms with Crippen LogP contribution in [0.3, 0.4) is 0 Å². The van der Waals surface area contributed by atoms with Crippen LogP contribution >= 0.6 is 0 Å². The Balaban J connectivity index is 2.05. The topological polar surface area (TPSA) is 29.3 Å². The summed E-state index contributed by atoms with van der Waals surface area (Å²) in [5.74, 6) is 0.939. The number of para-hydroxylation sites is 1. The van der Waals surface area contributed by atoms with E-state index in [4.69, 9.17) is 5.73 Å². The van der Waals surface area contributed by atoms with Crippen LogP contribution < -0.4 is 10.6 Å². The predicted molar refractivity (Wildman–Crippen MR) is 78.9 cm³/mol. The Bertz CT molecular complexity index is 365. The second-order valence-corrected chi connectivity index (χ2v) is 5.57. The van der Waals surface area contributed by atoms with E-state index in [2.05, 4.69) is 43.0 Å². The average Bonchev–Trinajstić information content (AvgIpc) is 2.40. The lowest BCUT2D eigenvalue weighted by atomic mass is 9.91. The molecule has 0 saturated carbocycles. The number of benzene rings is 1. The zero-order valence-electron chi connectivity index (χ0n) is 11.7. The summed E-state index contributed by atoms with van der Waals surface area (Å²) in [7, 11) is 0. The van der Waals surface area contributed by atoms with Crippen molar-refractivity contribution >= 4 is 5.69 Å². The van der Waals surface area contributed by atoms with Gasteiger partial charge in [0, 0.05) is 24.8 Å². The van der Waals surface area contributed by atoms with Crippen LogP contribution in [0, 0.1) is 5.92 Å². The van der Waals surface area contributed by atoms with E-state index in [1.807, 2.05) is 0 Å². The van der Waals surface area contributed by atoms with Gasteiger partial charge in [0.2, 0.25) is 0 Å². The van der Waals surface area contributed by atoms with Crippen molar-refractivity contribution < 1.29 is 0 Å². The van der Waals surface area contributed by atoms with Crippen LogP contribution in [-0.4, -0.2) is 13.1 Å². The first-order chi connectivity index (χ1) is 8.72. The summed E-state index contributed by atoms with van der Waals surface area (Å²) in [6.07, 6.45) is 5.38. The maximum absolute atomic E-state index is 6.07. The van der Waals surface area contributed by atoms with Gasteiger partial charge < -0.3 is 10.6 Å². The Morgan fingerprint density at radius 3 is 2.56 bits per heavy atom. The van der Waals surface area contributed by atoms with Crippen molar-refractivity contribution in [2.45, 2.75) is 45.6 Å². The highest BCUT2D eigenvalue weighted by Gasteiger charge is 2.20. The molecular formula is C16H26N2. The van der Waals surface area contributed by atoms with Crippen molar-refractivity contribution in [3.63, 3.8) is 0 Å². The minimum atomic E-state index is 0.120. The maximum Gasteiger partial charge on any atom is 0.0414 e. The van der Waals surface area contributed by atoms with Crippen LogP contribution in [0.1, 0.15) is 51.1 Å². The molecule has 1 aromatic carbocycles. The Morgan fingerprint density at radius 1 is 1.28 bits per heavy atom. The molecule has 1 aromatic rings. The van der Waals surface area contributed by atoms with E-state index in [-0.39, 0.29) is 6.04 Å². The minimum Gasteiger partial charge on any atom is -0.371 e. The van der Waals surface area contributed by atoms with Crippen LogP contribution in [0.5, 0.6) is 0 Å². The zero-order valence-corrected chi connectivity index (χ0v) is 11.7. The molecule has 0 radical (unpaired) electrons. The Hall–Kier alpha value is -1.02. The summed E-state index contributed by atoms with van der Waals surface area (Å²) < 4.78 is 0. The lowest BCUT2D eigenvalue weighted by Gasteiger charge is -2.35. The van der Waals surface area contributed by atoms with Crippen LogP contribution in [0.25, 0.3) is 0 Å². The summed E-state index contributed by atoms with van der Waals surface area (Å²) in [6, 6.07) is 8.72. The third-order valence-corrected chi connectivity index (χ3v) is 4.08. The standard InChI is InChI=1S/C16H26N2/c1-3-6-14-9-11-18(12-10-14)16-8-5-4-7-15(16)13(2)17/h4-5,7-8,13-14H,3,6,9-12,17H2,1-2H3. The van der Waals surface area contributed by atoms with Crippen LogP contribution in [0.4, 0.5) is 5.69 Å². The molecule has 0 aliphatic carbocycles. The fourth-order valence-corrected chi connectivity index (χ4v) is 3.03. The second-order valence-electron chi connectivity index (χ2n) is 5.57. The van der Waals surface area contributed by atoms with Gasteiger partial charge in [-0.25, -0.2) is 0 Å². The molecule has 0 spiro atoms. The van der Waals surface area contributed by atoms with Crippen LogP contribution in [-0.2, 0) is 0 Å². The molecular weight excluding hydrogens is 220 g/mol. The molecule has 2 heteroatoms. The van der Waals surface area contributed by atoms with Gasteiger partial charge in [-0.15, -0.1) is 0 Å². The van der Waals surface area contributed by atoms with Gasteiger partial charge in [-0.3, -0.25) is 0 Å². The Labute approximate surface area is 111 Å². The van der Waals surface area contributed by atoms with E-state index < -0.39 is 0 Å². The fourth-order valence-electron chi connectivity index (χ4n) is 3.03. The van der Waals surface area contributed by atoms with Gasteiger partial charge in [0.15, 0.2) is 0 Å². The monoisotopic (exact) mass is 246 g/mol. The molecule has 0 amide bonds. The smallest absolute Gasteiger partial charge is 0.0414 e. The van der Waals surface area contributed by atoms with Gasteiger partial charge in [0.25, 0.3) is 0 Å². The van der Waals surface area contributed by atoms with E-state index in [1.165, 1.54) is 50.0 Å². The number of rotatable bonds is 4. The summed E-state index contributed by atoms with van der Waals surface area (Å²) in [6.45, 7) is 6.74. The second kappa shape index (κ2) is 6.24. The molecule has 2 nitrogen and oxygen atoms in total. The predicted octanol–water partition coefficient (Wildman–Crippen LogP) is 3.72. The summed E-state index contributed by atoms with van der Waals surface area (Å²) >= 11 is 0. The highest BCUT2D eigenvalue weighted by atomic mass is 15.1. The lowest BCUT2D eigenvalue weighted by molar-refractivity contribution is 0.378. The number of hydrogen-bond acceptors (Lipinski definition) is 2. The highest BCUT2D eigenvalue weighted by molar-refractivity contribution is 5.55. The molecule has 2 rings (SSSR count). The van der Waals surface area contributed by atoms with Crippen LogP contribution in [0.15, 0.2) is 24.3 Å². The third kappa shape index (κ3) is 3.05. The van der Waals surface area contributed by atoms with Crippen molar-refractivity contribution in [3.8, 4) is 0 Å². The summed E-state index contributed by atoms with van der Waals surface area (Å²) in [4.78, 5) is 2.52. The molecule has 1 unspecified atom stereocenters. The molecule has 100 valence electrons. The van der Waals surface area contributed by atoms with Gasteiger partial charge in [-0.05, 0) is 37.3 Å². The lowest BCUT2D eigenvalue weighted by Crippen LogP contribution is -2.34. The molecule has 0 aromatic heterocycles. The highest BCUT2D eigenvalue weighted by Crippen LogP contribution is 2.30. The van der Waals surface area contributed by atoms with Gasteiger partial charge >= 0.3 is 0 Å². The van der Waals surface area contributed by atoms with Gasteiger partial charge in [-0.1, -0.05) is 38.0 Å². The summed E-state index contributed by atoms with van der Waals surface area (Å²) in [5, 5.41) is 0. The fraction of sp³-hybridized carbons (Fsp3) is 0.625. The first kappa shape index (κ1) is 13.4. The zero-order chi connectivity index (χ0) is 13.0. The number of piperidine rings is 1. The Kier molecular flexibility index (Phi) is 4.65. The van der Waals surface area contributed by atoms with Crippen LogP contribution in [0.2, 0.25) is 0 Å². The molecule has 1 aliphatic rings. The number of anilines is 1. The minimum absolute atomic E-state index is 0.120. The van der Waals surface area contributed by atoms with E-state index >= 15 is 0 Å². The summed E-state index contributed by atoms with van der Waals surface area (Å²) in [5.41, 5.74) is 8.70. The maximum atomic E-state index is 6.07. The number of hydrogen-bond donors (Lipinski definition) is 1. The van der Waals surface area contributed by atoms with E-state index in [9.17, 15) is 0 Å². The molecule has 1 fully saturated rings. The molecule has 2 N–H and O–H groups in total. The van der Waals surface area contributed by atoms with Crippen molar-refractivity contribution in [1.82, 2.24) is 0 Å². The van der Waals surface area contributed by atoms with Crippen molar-refractivity contribution in [2.75, 3.05) is 18.0 Å². The molecule has 1 atom stereocenters. The first-order valence-electron chi connectivity index (χ1n) is 7.31. The van der Waals surface area contributed by atoms with Crippen molar-refractivity contribution in [3.05, 3.63) is 29.8 Å². The van der Waals surface area contributed by atoms with Crippen molar-refractivity contribution in [2.24, 2.45) is 11.7 Å². The number of nitrogens with two attached hydrogens (primary N) is 1. The average molecular weight is 246 g/mol. The molecule has 18 heavy (non-hydrogen) atoms. The Morgan fingerprint density at radius 2 is 1.94 bits per heavy atom. The largest absolute Gasteiger partial charge is 0.371 e. The quantitative estimate of drug-likeness (QED) is 0.877. The van der Waals surface area contributed by atoms with Gasteiger partial charge in [0.1, 0.15) is 0 Å². The van der Waals surface area contributed by atoms with E-state index in [0.717, 1.165) is 5.92 Å². The SMILES string of the molecule is CCCC1CCN(c2ccccc2C(C)N)CC1.